The van der Waals surface area contributed by atoms with E-state index in [1.165, 1.54) is 39.4 Å². The van der Waals surface area contributed by atoms with Crippen molar-refractivity contribution < 1.29 is 9.63 Å². The predicted molar refractivity (Wildman–Crippen MR) is 119 cm³/mol. The Kier molecular flexibility index (Phi) is 5.23. The molecule has 0 aromatic heterocycles. The maximum atomic E-state index is 11.2. The van der Waals surface area contributed by atoms with Crippen LogP contribution in [0.4, 0.5) is 11.4 Å². The number of nitrogens with zero attached hydrogens (tertiary/aromatic N) is 2. The van der Waals surface area contributed by atoms with Gasteiger partial charge in [0, 0.05) is 50.0 Å². The Hall–Kier alpha value is -3.31. The van der Waals surface area contributed by atoms with Gasteiger partial charge in [-0.3, -0.25) is 0 Å². The summed E-state index contributed by atoms with van der Waals surface area (Å²) < 4.78 is 0. The molecule has 0 amide bonds. The molecule has 1 aliphatic heterocycles. The van der Waals surface area contributed by atoms with Gasteiger partial charge in [0.2, 0.25) is 0 Å². The van der Waals surface area contributed by atoms with Crippen molar-refractivity contribution in [3.63, 3.8) is 0 Å². The van der Waals surface area contributed by atoms with Crippen LogP contribution in [-0.4, -0.2) is 26.6 Å². The third-order valence-electron chi connectivity index (χ3n) is 5.46. The molecule has 3 aromatic carbocycles. The minimum Gasteiger partial charge on any atom is -0.377 e. The fourth-order valence-electron chi connectivity index (χ4n) is 4.05. The van der Waals surface area contributed by atoms with Crippen molar-refractivity contribution in [2.75, 3.05) is 30.4 Å². The van der Waals surface area contributed by atoms with Gasteiger partial charge in [-0.1, -0.05) is 36.4 Å². The average Bonchev–Trinajstić information content (AvgIpc) is 3.13. The minimum absolute atomic E-state index is 0.555. The summed E-state index contributed by atoms with van der Waals surface area (Å²) in [6.45, 7) is 1.85. The second kappa shape index (κ2) is 7.97. The Labute approximate surface area is 170 Å². The molecule has 0 aliphatic carbocycles. The van der Waals surface area contributed by atoms with Crippen molar-refractivity contribution >= 4 is 34.2 Å². The van der Waals surface area contributed by atoms with Gasteiger partial charge in [-0.15, -0.1) is 0 Å². The van der Waals surface area contributed by atoms with Crippen molar-refractivity contribution in [2.24, 2.45) is 5.90 Å². The number of nitrogens with two attached hydrogens (primary N) is 1. The van der Waals surface area contributed by atoms with E-state index >= 15 is 0 Å². The van der Waals surface area contributed by atoms with E-state index in [1.54, 1.807) is 6.08 Å². The molecular formula is C24H25N3O2. The van der Waals surface area contributed by atoms with Crippen LogP contribution in [-0.2, 0) is 22.6 Å². The molecule has 0 radical (unpaired) electrons. The molecule has 5 nitrogen and oxygen atoms in total. The zero-order valence-electron chi connectivity index (χ0n) is 16.8. The molecular weight excluding hydrogens is 362 g/mol. The summed E-state index contributed by atoms with van der Waals surface area (Å²) in [6, 6.07) is 19.3. The number of benzene rings is 3. The summed E-state index contributed by atoms with van der Waals surface area (Å²) >= 11 is 0. The van der Waals surface area contributed by atoms with Gasteiger partial charge in [-0.25, -0.2) is 4.79 Å². The number of carbonyl (C=O) groups excluding carboxylic acids is 1. The third kappa shape index (κ3) is 3.82. The highest BCUT2D eigenvalue weighted by Gasteiger charge is 2.20. The zero-order chi connectivity index (χ0) is 20.4. The van der Waals surface area contributed by atoms with Gasteiger partial charge in [0.25, 0.3) is 0 Å². The Bertz CT molecular complexity index is 1090. The molecule has 0 saturated heterocycles. The molecule has 0 unspecified atom stereocenters. The van der Waals surface area contributed by atoms with Crippen LogP contribution in [0, 0.1) is 0 Å². The molecule has 1 aliphatic rings. The molecule has 0 fully saturated rings. The van der Waals surface area contributed by atoms with Crippen molar-refractivity contribution in [3.8, 4) is 0 Å². The van der Waals surface area contributed by atoms with Gasteiger partial charge in [-0.05, 0) is 52.8 Å². The van der Waals surface area contributed by atoms with Crippen LogP contribution in [0.25, 0.3) is 16.8 Å². The van der Waals surface area contributed by atoms with Crippen molar-refractivity contribution in [1.29, 1.82) is 0 Å². The molecule has 4 rings (SSSR count). The first-order valence-electron chi connectivity index (χ1n) is 9.71. The number of anilines is 2. The van der Waals surface area contributed by atoms with E-state index in [4.69, 9.17) is 5.90 Å². The summed E-state index contributed by atoms with van der Waals surface area (Å²) in [5.41, 5.74) is 6.08. The first kappa shape index (κ1) is 19.0. The normalized spacial score (nSPS) is 13.1. The van der Waals surface area contributed by atoms with E-state index < -0.39 is 5.97 Å². The molecule has 0 atom stereocenters. The fourth-order valence-corrected chi connectivity index (χ4v) is 4.05. The van der Waals surface area contributed by atoms with E-state index in [-0.39, 0.29) is 0 Å². The molecule has 0 saturated carbocycles. The van der Waals surface area contributed by atoms with E-state index in [9.17, 15) is 4.79 Å². The predicted octanol–water partition coefficient (Wildman–Crippen LogP) is 3.90. The highest BCUT2D eigenvalue weighted by atomic mass is 16.7. The number of hydrogen-bond donors (Lipinski definition) is 1. The monoisotopic (exact) mass is 387 g/mol. The largest absolute Gasteiger partial charge is 0.377 e. The SMILES string of the molecule is CN(C)c1cccc2c(CN3CCc4cc(/C=C/C(=O)ON)ccc43)cccc12. The number of hydrogen-bond acceptors (Lipinski definition) is 5. The number of rotatable bonds is 5. The maximum absolute atomic E-state index is 11.2. The quantitative estimate of drug-likeness (QED) is 0.532. The lowest BCUT2D eigenvalue weighted by Crippen LogP contribution is -2.19. The standard InChI is InChI=1S/C24H25N3O2/c1-26(2)23-8-4-6-20-19(5-3-7-21(20)23)16-27-14-13-18-15-17(9-11-22(18)27)10-12-24(28)29-25/h3-12,15H,13-14,16,25H2,1-2H3/b12-10+. The summed E-state index contributed by atoms with van der Waals surface area (Å²) in [5.74, 6) is 4.32. The van der Waals surface area contributed by atoms with Gasteiger partial charge < -0.3 is 14.6 Å². The molecule has 3 aromatic rings. The van der Waals surface area contributed by atoms with Crippen LogP contribution in [0.5, 0.6) is 0 Å². The first-order chi connectivity index (χ1) is 14.1. The number of fused-ring (bicyclic) bond motifs is 2. The second-order valence-electron chi connectivity index (χ2n) is 7.51. The van der Waals surface area contributed by atoms with Gasteiger partial charge in [0.05, 0.1) is 0 Å². The van der Waals surface area contributed by atoms with E-state index in [1.807, 2.05) is 6.07 Å². The summed E-state index contributed by atoms with van der Waals surface area (Å²) in [7, 11) is 4.16. The smallest absolute Gasteiger partial charge is 0.349 e. The molecule has 5 heteroatoms. The lowest BCUT2D eigenvalue weighted by atomic mass is 10.0. The lowest BCUT2D eigenvalue weighted by Gasteiger charge is -2.22. The lowest BCUT2D eigenvalue weighted by molar-refractivity contribution is -0.138. The first-order valence-corrected chi connectivity index (χ1v) is 9.71. The Morgan fingerprint density at radius 2 is 1.93 bits per heavy atom. The van der Waals surface area contributed by atoms with E-state index in [0.29, 0.717) is 0 Å². The fraction of sp³-hybridized carbons (Fsp3) is 0.208. The molecule has 148 valence electrons. The molecule has 0 spiro atoms. The van der Waals surface area contributed by atoms with Crippen LogP contribution < -0.4 is 15.7 Å². The second-order valence-corrected chi connectivity index (χ2v) is 7.51. The minimum atomic E-state index is -0.555. The van der Waals surface area contributed by atoms with Crippen molar-refractivity contribution in [2.45, 2.75) is 13.0 Å². The topological polar surface area (TPSA) is 58.8 Å². The third-order valence-corrected chi connectivity index (χ3v) is 5.46. The van der Waals surface area contributed by atoms with Crippen LogP contribution >= 0.6 is 0 Å². The summed E-state index contributed by atoms with van der Waals surface area (Å²) in [6.07, 6.45) is 4.06. The van der Waals surface area contributed by atoms with E-state index in [2.05, 4.69) is 77.3 Å². The van der Waals surface area contributed by atoms with Gasteiger partial charge in [0.1, 0.15) is 0 Å². The highest BCUT2D eigenvalue weighted by Crippen LogP contribution is 2.33. The highest BCUT2D eigenvalue weighted by molar-refractivity contribution is 5.96. The van der Waals surface area contributed by atoms with Crippen LogP contribution in [0.3, 0.4) is 0 Å². The Balaban J connectivity index is 1.61. The Morgan fingerprint density at radius 1 is 1.14 bits per heavy atom. The van der Waals surface area contributed by atoms with Crippen molar-refractivity contribution in [3.05, 3.63) is 77.4 Å². The molecule has 1 heterocycles. The molecule has 29 heavy (non-hydrogen) atoms. The van der Waals surface area contributed by atoms with Crippen LogP contribution in [0.1, 0.15) is 16.7 Å². The van der Waals surface area contributed by atoms with Crippen molar-refractivity contribution in [1.82, 2.24) is 0 Å². The van der Waals surface area contributed by atoms with Gasteiger partial charge >= 0.3 is 5.97 Å². The molecule has 0 bridgehead atoms. The molecule has 2 N–H and O–H groups in total. The van der Waals surface area contributed by atoms with Gasteiger partial charge in [-0.2, -0.15) is 5.90 Å². The van der Waals surface area contributed by atoms with Crippen LogP contribution in [0.15, 0.2) is 60.7 Å². The van der Waals surface area contributed by atoms with Crippen LogP contribution in [0.2, 0.25) is 0 Å². The maximum Gasteiger partial charge on any atom is 0.349 e. The Morgan fingerprint density at radius 3 is 2.72 bits per heavy atom. The zero-order valence-corrected chi connectivity index (χ0v) is 16.8. The van der Waals surface area contributed by atoms with E-state index in [0.717, 1.165) is 25.1 Å². The summed E-state index contributed by atoms with van der Waals surface area (Å²) in [4.78, 5) is 20.0. The summed E-state index contributed by atoms with van der Waals surface area (Å²) in [5, 5.41) is 2.58. The number of carbonyl (C=O) groups is 1. The van der Waals surface area contributed by atoms with Gasteiger partial charge in [0.15, 0.2) is 0 Å². The average molecular weight is 387 g/mol.